The zero-order chi connectivity index (χ0) is 12.3. The van der Waals surface area contributed by atoms with Crippen LogP contribution in [0, 0.1) is 16.0 Å². The van der Waals surface area contributed by atoms with Crippen LogP contribution >= 0.6 is 12.2 Å². The minimum atomic E-state index is 0.244. The number of aromatic amines is 1. The SMILES string of the molecule is COC1CCCN(c2cc[nH]c(=S)c2C#N)C1. The van der Waals surface area contributed by atoms with Gasteiger partial charge < -0.3 is 14.6 Å². The number of hydrogen-bond acceptors (Lipinski definition) is 4. The van der Waals surface area contributed by atoms with Crippen LogP contribution in [0.2, 0.25) is 0 Å². The van der Waals surface area contributed by atoms with Crippen molar-refractivity contribution in [3.63, 3.8) is 0 Å². The van der Waals surface area contributed by atoms with Crippen molar-refractivity contribution in [2.24, 2.45) is 0 Å². The van der Waals surface area contributed by atoms with Crippen LogP contribution in [0.4, 0.5) is 5.69 Å². The van der Waals surface area contributed by atoms with Gasteiger partial charge in [0.05, 0.1) is 11.8 Å². The van der Waals surface area contributed by atoms with Gasteiger partial charge >= 0.3 is 0 Å². The van der Waals surface area contributed by atoms with E-state index in [4.69, 9.17) is 22.2 Å². The number of pyridine rings is 1. The Hall–Kier alpha value is -1.38. The molecule has 1 aromatic heterocycles. The highest BCUT2D eigenvalue weighted by molar-refractivity contribution is 7.71. The molecular weight excluding hydrogens is 234 g/mol. The van der Waals surface area contributed by atoms with Crippen molar-refractivity contribution in [1.82, 2.24) is 4.98 Å². The van der Waals surface area contributed by atoms with E-state index in [0.29, 0.717) is 10.2 Å². The van der Waals surface area contributed by atoms with Crippen LogP contribution in [-0.2, 0) is 4.74 Å². The molecule has 5 heteroatoms. The molecule has 0 aliphatic carbocycles. The first kappa shape index (κ1) is 12.1. The maximum atomic E-state index is 9.16. The Morgan fingerprint density at radius 2 is 2.47 bits per heavy atom. The number of aromatic nitrogens is 1. The summed E-state index contributed by atoms with van der Waals surface area (Å²) in [5.74, 6) is 0. The van der Waals surface area contributed by atoms with Gasteiger partial charge in [0, 0.05) is 26.4 Å². The second-order valence-electron chi connectivity index (χ2n) is 4.12. The average Bonchev–Trinajstić information content (AvgIpc) is 2.38. The third-order valence-electron chi connectivity index (χ3n) is 3.10. The number of rotatable bonds is 2. The van der Waals surface area contributed by atoms with Gasteiger partial charge in [0.25, 0.3) is 0 Å². The number of methoxy groups -OCH3 is 1. The van der Waals surface area contributed by atoms with E-state index in [9.17, 15) is 0 Å². The van der Waals surface area contributed by atoms with Crippen molar-refractivity contribution in [2.75, 3.05) is 25.1 Å². The summed E-state index contributed by atoms with van der Waals surface area (Å²) in [5, 5.41) is 9.16. The number of piperidine rings is 1. The lowest BCUT2D eigenvalue weighted by atomic mass is 10.1. The minimum Gasteiger partial charge on any atom is -0.380 e. The maximum absolute atomic E-state index is 9.16. The Kier molecular flexibility index (Phi) is 3.77. The molecule has 0 saturated carbocycles. The smallest absolute Gasteiger partial charge is 0.123 e. The zero-order valence-corrected chi connectivity index (χ0v) is 10.6. The van der Waals surface area contributed by atoms with Crippen LogP contribution < -0.4 is 4.90 Å². The van der Waals surface area contributed by atoms with Crippen molar-refractivity contribution in [2.45, 2.75) is 18.9 Å². The number of nitrogens with zero attached hydrogens (tertiary/aromatic N) is 2. The fraction of sp³-hybridized carbons (Fsp3) is 0.500. The molecule has 1 N–H and O–H groups in total. The van der Waals surface area contributed by atoms with Crippen LogP contribution in [0.1, 0.15) is 18.4 Å². The van der Waals surface area contributed by atoms with E-state index >= 15 is 0 Å². The summed E-state index contributed by atoms with van der Waals surface area (Å²) in [7, 11) is 1.73. The quantitative estimate of drug-likeness (QED) is 0.817. The van der Waals surface area contributed by atoms with Crippen LogP contribution in [-0.4, -0.2) is 31.3 Å². The molecule has 1 saturated heterocycles. The lowest BCUT2D eigenvalue weighted by Crippen LogP contribution is -2.39. The monoisotopic (exact) mass is 249 g/mol. The lowest BCUT2D eigenvalue weighted by molar-refractivity contribution is 0.0893. The third kappa shape index (κ3) is 2.48. The largest absolute Gasteiger partial charge is 0.380 e. The number of nitrogens with one attached hydrogen (secondary N) is 1. The summed E-state index contributed by atoms with van der Waals surface area (Å²) < 4.78 is 5.89. The maximum Gasteiger partial charge on any atom is 0.123 e. The predicted molar refractivity (Wildman–Crippen MR) is 68.6 cm³/mol. The summed E-state index contributed by atoms with van der Waals surface area (Å²) in [6.45, 7) is 1.78. The van der Waals surface area contributed by atoms with Gasteiger partial charge in [-0.25, -0.2) is 0 Å². The highest BCUT2D eigenvalue weighted by Gasteiger charge is 2.21. The Labute approximate surface area is 106 Å². The molecule has 17 heavy (non-hydrogen) atoms. The summed E-state index contributed by atoms with van der Waals surface area (Å²) in [5.41, 5.74) is 1.47. The molecule has 1 aromatic rings. The summed E-state index contributed by atoms with van der Waals surface area (Å²) in [4.78, 5) is 5.07. The van der Waals surface area contributed by atoms with Crippen molar-refractivity contribution in [1.29, 1.82) is 5.26 Å². The number of nitriles is 1. The Morgan fingerprint density at radius 1 is 1.65 bits per heavy atom. The first-order valence-corrected chi connectivity index (χ1v) is 6.06. The predicted octanol–water partition coefficient (Wildman–Crippen LogP) is 2.23. The molecule has 1 aliphatic heterocycles. The molecule has 0 bridgehead atoms. The van der Waals surface area contributed by atoms with Crippen LogP contribution in [0.3, 0.4) is 0 Å². The summed E-state index contributed by atoms with van der Waals surface area (Å²) in [6, 6.07) is 4.09. The molecule has 0 amide bonds. The van der Waals surface area contributed by atoms with Gasteiger partial charge in [0.15, 0.2) is 0 Å². The molecule has 2 rings (SSSR count). The van der Waals surface area contributed by atoms with Gasteiger partial charge in [-0.15, -0.1) is 0 Å². The normalized spacial score (nSPS) is 20.0. The minimum absolute atomic E-state index is 0.244. The third-order valence-corrected chi connectivity index (χ3v) is 3.42. The zero-order valence-electron chi connectivity index (χ0n) is 9.77. The number of anilines is 1. The van der Waals surface area contributed by atoms with Gasteiger partial charge in [-0.05, 0) is 18.9 Å². The van der Waals surface area contributed by atoms with Gasteiger partial charge in [0.2, 0.25) is 0 Å². The number of hydrogen-bond donors (Lipinski definition) is 1. The lowest BCUT2D eigenvalue weighted by Gasteiger charge is -2.34. The first-order chi connectivity index (χ1) is 8.26. The van der Waals surface area contributed by atoms with Gasteiger partial charge in [0.1, 0.15) is 16.3 Å². The van der Waals surface area contributed by atoms with E-state index in [-0.39, 0.29) is 6.10 Å². The molecule has 2 heterocycles. The molecule has 0 spiro atoms. The number of H-pyrrole nitrogens is 1. The molecule has 1 atom stereocenters. The highest BCUT2D eigenvalue weighted by atomic mass is 32.1. The molecule has 4 nitrogen and oxygen atoms in total. The fourth-order valence-electron chi connectivity index (χ4n) is 2.19. The van der Waals surface area contributed by atoms with Crippen molar-refractivity contribution < 1.29 is 4.74 Å². The van der Waals surface area contributed by atoms with Gasteiger partial charge in [-0.1, -0.05) is 12.2 Å². The van der Waals surface area contributed by atoms with Crippen molar-refractivity contribution in [3.8, 4) is 6.07 Å². The van der Waals surface area contributed by atoms with E-state index in [2.05, 4.69) is 16.0 Å². The molecule has 0 radical (unpaired) electrons. The van der Waals surface area contributed by atoms with Crippen LogP contribution in [0.5, 0.6) is 0 Å². The summed E-state index contributed by atoms with van der Waals surface area (Å²) in [6.07, 6.45) is 4.19. The number of ether oxygens (including phenoxy) is 1. The van der Waals surface area contributed by atoms with Crippen molar-refractivity contribution >= 4 is 17.9 Å². The topological polar surface area (TPSA) is 52.0 Å². The molecule has 0 aromatic carbocycles. The Bertz CT molecular complexity index is 491. The van der Waals surface area contributed by atoms with E-state index < -0.39 is 0 Å². The average molecular weight is 249 g/mol. The van der Waals surface area contributed by atoms with E-state index in [1.165, 1.54) is 0 Å². The summed E-state index contributed by atoms with van der Waals surface area (Å²) >= 11 is 5.13. The Balaban J connectivity index is 2.31. The van der Waals surface area contributed by atoms with Crippen LogP contribution in [0.25, 0.3) is 0 Å². The molecule has 90 valence electrons. The van der Waals surface area contributed by atoms with Gasteiger partial charge in [-0.3, -0.25) is 0 Å². The molecule has 1 unspecified atom stereocenters. The van der Waals surface area contributed by atoms with E-state index in [0.717, 1.165) is 31.6 Å². The molecule has 1 fully saturated rings. The molecular formula is C12H15N3OS. The highest BCUT2D eigenvalue weighted by Crippen LogP contribution is 2.24. The van der Waals surface area contributed by atoms with E-state index in [1.807, 2.05) is 6.07 Å². The van der Waals surface area contributed by atoms with Crippen molar-refractivity contribution in [3.05, 3.63) is 22.5 Å². The second kappa shape index (κ2) is 5.30. The molecule has 1 aliphatic rings. The van der Waals surface area contributed by atoms with E-state index in [1.54, 1.807) is 13.3 Å². The van der Waals surface area contributed by atoms with Gasteiger partial charge in [-0.2, -0.15) is 5.26 Å². The van der Waals surface area contributed by atoms with Crippen LogP contribution in [0.15, 0.2) is 12.3 Å². The first-order valence-electron chi connectivity index (χ1n) is 5.65. The fourth-order valence-corrected chi connectivity index (χ4v) is 2.41. The second-order valence-corrected chi connectivity index (χ2v) is 4.53. The Morgan fingerprint density at radius 3 is 3.18 bits per heavy atom. The standard InChI is InChI=1S/C12H15N3OS/c1-16-9-3-2-6-15(8-9)11-4-5-14-12(17)10(11)7-13/h4-5,9H,2-3,6,8H2,1H3,(H,14,17).